The summed E-state index contributed by atoms with van der Waals surface area (Å²) in [6.07, 6.45) is -1.35. The first-order valence-corrected chi connectivity index (χ1v) is 8.56. The molecule has 0 aromatic heterocycles. The molecule has 1 N–H and O–H groups in total. The molecule has 140 valence electrons. The molecule has 1 amide bonds. The second-order valence-electron chi connectivity index (χ2n) is 6.87. The van der Waals surface area contributed by atoms with Crippen LogP contribution in [0.1, 0.15) is 49.7 Å². The van der Waals surface area contributed by atoms with Crippen LogP contribution in [0, 0.1) is 0 Å². The lowest BCUT2D eigenvalue weighted by Crippen LogP contribution is -2.42. The normalized spacial score (nSPS) is 24.4. The zero-order valence-corrected chi connectivity index (χ0v) is 15.0. The Labute approximate surface area is 152 Å². The fraction of sp³-hybridized carbons (Fsp3) is 0.611. The molecule has 25 heavy (non-hydrogen) atoms. The Kier molecular flexibility index (Phi) is 6.38. The minimum atomic E-state index is -4.39. The minimum Gasteiger partial charge on any atom is -0.335 e. The highest BCUT2D eigenvalue weighted by molar-refractivity contribution is 5.85. The lowest BCUT2D eigenvalue weighted by atomic mass is 9.92. The number of nitrogens with zero attached hydrogens (tertiary/aromatic N) is 1. The summed E-state index contributed by atoms with van der Waals surface area (Å²) in [4.78, 5) is 14.7. The first kappa shape index (κ1) is 20.0. The summed E-state index contributed by atoms with van der Waals surface area (Å²) in [5.41, 5.74) is -0.426. The molecule has 3 unspecified atom stereocenters. The van der Waals surface area contributed by atoms with Gasteiger partial charge in [-0.25, -0.2) is 0 Å². The third-order valence-electron chi connectivity index (χ3n) is 5.22. The maximum Gasteiger partial charge on any atom is 0.416 e. The van der Waals surface area contributed by atoms with Crippen molar-refractivity contribution in [2.75, 3.05) is 13.1 Å². The molecule has 7 heteroatoms. The molecule has 3 nitrogen and oxygen atoms in total. The van der Waals surface area contributed by atoms with Crippen molar-refractivity contribution in [3.63, 3.8) is 0 Å². The van der Waals surface area contributed by atoms with E-state index < -0.39 is 17.7 Å². The van der Waals surface area contributed by atoms with E-state index in [1.54, 1.807) is 13.0 Å². The Hall–Kier alpha value is -1.27. The molecule has 2 bridgehead atoms. The van der Waals surface area contributed by atoms with Gasteiger partial charge in [-0.05, 0) is 43.4 Å². The molecular formula is C18H24ClF3N2O. The molecule has 2 fully saturated rings. The van der Waals surface area contributed by atoms with Crippen LogP contribution in [0.3, 0.4) is 0 Å². The van der Waals surface area contributed by atoms with E-state index in [2.05, 4.69) is 5.32 Å². The van der Waals surface area contributed by atoms with Crippen LogP contribution in [0.15, 0.2) is 24.3 Å². The van der Waals surface area contributed by atoms with Crippen molar-refractivity contribution < 1.29 is 18.0 Å². The van der Waals surface area contributed by atoms with Gasteiger partial charge >= 0.3 is 6.18 Å². The van der Waals surface area contributed by atoms with Gasteiger partial charge in [-0.3, -0.25) is 4.79 Å². The summed E-state index contributed by atoms with van der Waals surface area (Å²) in [5.74, 6) is -0.471. The van der Waals surface area contributed by atoms with Gasteiger partial charge in [0.15, 0.2) is 0 Å². The van der Waals surface area contributed by atoms with E-state index >= 15 is 0 Å². The maximum atomic E-state index is 13.2. The summed E-state index contributed by atoms with van der Waals surface area (Å²) >= 11 is 0. The first-order valence-electron chi connectivity index (χ1n) is 8.56. The number of carbonyl (C=O) groups is 1. The summed E-state index contributed by atoms with van der Waals surface area (Å²) in [5, 5.41) is 3.33. The van der Waals surface area contributed by atoms with Crippen molar-refractivity contribution in [1.82, 2.24) is 10.2 Å². The predicted molar refractivity (Wildman–Crippen MR) is 92.9 cm³/mol. The van der Waals surface area contributed by atoms with Gasteiger partial charge in [0.2, 0.25) is 5.91 Å². The third kappa shape index (κ3) is 4.29. The van der Waals surface area contributed by atoms with Gasteiger partial charge in [-0.15, -0.1) is 12.4 Å². The Morgan fingerprint density at radius 3 is 2.64 bits per heavy atom. The summed E-state index contributed by atoms with van der Waals surface area (Å²) in [6, 6.07) is 6.00. The summed E-state index contributed by atoms with van der Waals surface area (Å²) < 4.78 is 39.6. The fourth-order valence-corrected chi connectivity index (χ4v) is 4.05. The minimum absolute atomic E-state index is 0. The zero-order valence-electron chi connectivity index (χ0n) is 14.2. The zero-order chi connectivity index (χ0) is 17.3. The quantitative estimate of drug-likeness (QED) is 0.865. The number of nitrogens with one attached hydrogen (secondary N) is 1. The highest BCUT2D eigenvalue weighted by Gasteiger charge is 2.39. The van der Waals surface area contributed by atoms with Crippen LogP contribution in [-0.2, 0) is 11.0 Å². The standard InChI is InChI=1S/C18H23F3N2O.ClH/c1-12(15-4-2-3-5-16(15)18(19,20)21)10-17(24)23-13-6-7-14(23)11-22-9-8-13;/h2-5,12-14,22H,6-11H2,1H3;1H. The lowest BCUT2D eigenvalue weighted by molar-refractivity contribution is -0.139. The van der Waals surface area contributed by atoms with E-state index in [1.165, 1.54) is 12.1 Å². The third-order valence-corrected chi connectivity index (χ3v) is 5.22. The van der Waals surface area contributed by atoms with Gasteiger partial charge in [-0.2, -0.15) is 13.2 Å². The van der Waals surface area contributed by atoms with E-state index in [0.717, 1.165) is 38.4 Å². The maximum absolute atomic E-state index is 13.2. The molecule has 0 radical (unpaired) electrons. The molecule has 0 aliphatic carbocycles. The van der Waals surface area contributed by atoms with Crippen molar-refractivity contribution in [1.29, 1.82) is 0 Å². The number of hydrogen-bond acceptors (Lipinski definition) is 2. The second-order valence-corrected chi connectivity index (χ2v) is 6.87. The van der Waals surface area contributed by atoms with Crippen LogP contribution in [0.25, 0.3) is 0 Å². The van der Waals surface area contributed by atoms with E-state index in [-0.39, 0.29) is 42.4 Å². The number of alkyl halides is 3. The molecule has 2 heterocycles. The van der Waals surface area contributed by atoms with Crippen LogP contribution in [-0.4, -0.2) is 36.0 Å². The van der Waals surface area contributed by atoms with E-state index in [9.17, 15) is 18.0 Å². The van der Waals surface area contributed by atoms with Gasteiger partial charge in [0, 0.05) is 25.0 Å². The van der Waals surface area contributed by atoms with Crippen molar-refractivity contribution in [2.45, 2.75) is 56.8 Å². The number of benzene rings is 1. The molecule has 1 aromatic rings. The van der Waals surface area contributed by atoms with Crippen molar-refractivity contribution in [2.24, 2.45) is 0 Å². The van der Waals surface area contributed by atoms with Crippen LogP contribution >= 0.6 is 12.4 Å². The van der Waals surface area contributed by atoms with Gasteiger partial charge < -0.3 is 10.2 Å². The average Bonchev–Trinajstić information content (AvgIpc) is 2.79. The molecule has 3 atom stereocenters. The van der Waals surface area contributed by atoms with Crippen LogP contribution in [0.2, 0.25) is 0 Å². The summed E-state index contributed by atoms with van der Waals surface area (Å²) in [6.45, 7) is 3.40. The lowest BCUT2D eigenvalue weighted by Gasteiger charge is -2.29. The number of fused-ring (bicyclic) bond motifs is 2. The topological polar surface area (TPSA) is 32.3 Å². The predicted octanol–water partition coefficient (Wildman–Crippen LogP) is 3.97. The van der Waals surface area contributed by atoms with Crippen molar-refractivity contribution in [3.05, 3.63) is 35.4 Å². The van der Waals surface area contributed by atoms with Crippen LogP contribution in [0.5, 0.6) is 0 Å². The number of halogens is 4. The highest BCUT2D eigenvalue weighted by Crippen LogP contribution is 2.37. The van der Waals surface area contributed by atoms with Gasteiger partial charge in [0.25, 0.3) is 0 Å². The first-order chi connectivity index (χ1) is 11.4. The van der Waals surface area contributed by atoms with Gasteiger partial charge in [0.05, 0.1) is 5.56 Å². The number of carbonyl (C=O) groups excluding carboxylic acids is 1. The van der Waals surface area contributed by atoms with E-state index in [4.69, 9.17) is 0 Å². The Morgan fingerprint density at radius 1 is 1.24 bits per heavy atom. The average molecular weight is 377 g/mol. The Bertz CT molecular complexity index is 594. The van der Waals surface area contributed by atoms with Crippen molar-refractivity contribution >= 4 is 18.3 Å². The Balaban J connectivity index is 0.00000225. The highest BCUT2D eigenvalue weighted by atomic mass is 35.5. The fourth-order valence-electron chi connectivity index (χ4n) is 4.05. The van der Waals surface area contributed by atoms with Gasteiger partial charge in [0.1, 0.15) is 0 Å². The van der Waals surface area contributed by atoms with Crippen molar-refractivity contribution in [3.8, 4) is 0 Å². The molecule has 2 aliphatic heterocycles. The second kappa shape index (κ2) is 7.96. The largest absolute Gasteiger partial charge is 0.416 e. The van der Waals surface area contributed by atoms with Gasteiger partial charge in [-0.1, -0.05) is 25.1 Å². The molecule has 0 spiro atoms. The Morgan fingerprint density at radius 2 is 1.92 bits per heavy atom. The van der Waals surface area contributed by atoms with E-state index in [0.29, 0.717) is 0 Å². The summed E-state index contributed by atoms with van der Waals surface area (Å²) in [7, 11) is 0. The molecule has 0 saturated carbocycles. The molecule has 1 aromatic carbocycles. The number of hydrogen-bond donors (Lipinski definition) is 1. The van der Waals surface area contributed by atoms with Crippen LogP contribution < -0.4 is 5.32 Å². The molecule has 2 saturated heterocycles. The number of amides is 1. The monoisotopic (exact) mass is 376 g/mol. The number of rotatable bonds is 3. The smallest absolute Gasteiger partial charge is 0.335 e. The van der Waals surface area contributed by atoms with Crippen LogP contribution in [0.4, 0.5) is 13.2 Å². The van der Waals surface area contributed by atoms with E-state index in [1.807, 2.05) is 4.90 Å². The molecular weight excluding hydrogens is 353 g/mol. The molecule has 3 rings (SSSR count). The molecule has 2 aliphatic rings. The SMILES string of the molecule is CC(CC(=O)N1C2CCNCC1CC2)c1ccccc1C(F)(F)F.Cl.